The zero-order valence-electron chi connectivity index (χ0n) is 35.5. The maximum absolute atomic E-state index is 12.6. The maximum Gasteiger partial charge on any atom is 0.362 e. The van der Waals surface area contributed by atoms with Crippen LogP contribution in [0, 0.1) is 0 Å². The second-order valence-corrected chi connectivity index (χ2v) is 14.5. The van der Waals surface area contributed by atoms with Crippen molar-refractivity contribution in [3.63, 3.8) is 0 Å². The highest BCUT2D eigenvalue weighted by molar-refractivity contribution is 5.72. The average molecular weight is 779 g/mol. The third-order valence-corrected chi connectivity index (χ3v) is 8.42. The number of carbonyl (C=O) groups excluding carboxylic acids is 2. The maximum atomic E-state index is 12.6. The first-order chi connectivity index (χ1) is 27.1. The van der Waals surface area contributed by atoms with E-state index in [1.807, 2.05) is 21.1 Å². The minimum absolute atomic E-state index is 0.0217. The van der Waals surface area contributed by atoms with Gasteiger partial charge in [-0.25, -0.2) is 4.79 Å². The molecule has 0 saturated carbocycles. The number of ether oxygens (including phenoxy) is 3. The van der Waals surface area contributed by atoms with Crippen molar-refractivity contribution in [2.24, 2.45) is 0 Å². The first-order valence-corrected chi connectivity index (χ1v) is 20.9. The van der Waals surface area contributed by atoms with Crippen molar-refractivity contribution in [2.75, 3.05) is 41.0 Å². The molecule has 2 atom stereocenters. The normalized spacial score (nSPS) is 14.1. The molecule has 0 aromatic heterocycles. The number of quaternary nitrogens is 1. The summed E-state index contributed by atoms with van der Waals surface area (Å²) in [5.41, 5.74) is 0. The van der Waals surface area contributed by atoms with Gasteiger partial charge in [0.1, 0.15) is 6.61 Å². The lowest BCUT2D eigenvalue weighted by molar-refractivity contribution is -0.887. The van der Waals surface area contributed by atoms with Crippen molar-refractivity contribution in [1.82, 2.24) is 0 Å². The SMILES string of the molecule is CC/C=C/C/C=C/C/C=C/C/C=C/C/C=C/C/C=C/C/C=C/CCCC(=O)OCC(COCCC(C(=O)O)[N+](C)(C)C)OC(=O)CCCC/C=C/C/C=C/CC. The van der Waals surface area contributed by atoms with Crippen molar-refractivity contribution in [3.8, 4) is 0 Å². The lowest BCUT2D eigenvalue weighted by Crippen LogP contribution is -2.50. The molecule has 2 unspecified atom stereocenters. The fourth-order valence-corrected chi connectivity index (χ4v) is 5.23. The summed E-state index contributed by atoms with van der Waals surface area (Å²) >= 11 is 0. The van der Waals surface area contributed by atoms with Gasteiger partial charge in [-0.2, -0.15) is 0 Å². The molecular weight excluding hydrogens is 703 g/mol. The van der Waals surface area contributed by atoms with Crippen LogP contribution in [0.25, 0.3) is 0 Å². The molecule has 1 N–H and O–H groups in total. The lowest BCUT2D eigenvalue weighted by Gasteiger charge is -2.31. The smallest absolute Gasteiger partial charge is 0.362 e. The number of hydrogen-bond donors (Lipinski definition) is 1. The number of carboxylic acids is 1. The summed E-state index contributed by atoms with van der Waals surface area (Å²) in [6.45, 7) is 4.36. The van der Waals surface area contributed by atoms with Crippen LogP contribution in [0.2, 0.25) is 0 Å². The van der Waals surface area contributed by atoms with Crippen molar-refractivity contribution in [2.45, 2.75) is 135 Å². The number of hydrogen-bond acceptors (Lipinski definition) is 6. The van der Waals surface area contributed by atoms with Gasteiger partial charge in [-0.1, -0.05) is 123 Å². The van der Waals surface area contributed by atoms with Gasteiger partial charge in [0.05, 0.1) is 34.4 Å². The van der Waals surface area contributed by atoms with Crippen molar-refractivity contribution >= 4 is 17.9 Å². The Labute approximate surface area is 340 Å². The van der Waals surface area contributed by atoms with Crippen LogP contribution in [0.15, 0.2) is 109 Å². The molecule has 0 aliphatic rings. The molecule has 0 aromatic rings. The largest absolute Gasteiger partial charge is 0.477 e. The molecule has 0 radical (unpaired) electrons. The summed E-state index contributed by atoms with van der Waals surface area (Å²) in [4.78, 5) is 36.8. The molecule has 0 rings (SSSR count). The number of carboxylic acid groups (broad SMARTS) is 1. The van der Waals surface area contributed by atoms with Gasteiger partial charge >= 0.3 is 17.9 Å². The number of rotatable bonds is 35. The molecule has 314 valence electrons. The van der Waals surface area contributed by atoms with Crippen LogP contribution < -0.4 is 0 Å². The molecule has 0 spiro atoms. The van der Waals surface area contributed by atoms with E-state index in [0.29, 0.717) is 19.3 Å². The Balaban J connectivity index is 4.43. The third kappa shape index (κ3) is 35.7. The number of allylic oxidation sites excluding steroid dienone is 18. The number of esters is 2. The molecule has 0 heterocycles. The Morgan fingerprint density at radius 3 is 1.38 bits per heavy atom. The van der Waals surface area contributed by atoms with Gasteiger partial charge in [0, 0.05) is 19.3 Å². The van der Waals surface area contributed by atoms with Crippen molar-refractivity contribution in [1.29, 1.82) is 0 Å². The van der Waals surface area contributed by atoms with Gasteiger partial charge in [0.25, 0.3) is 0 Å². The fourth-order valence-electron chi connectivity index (χ4n) is 5.23. The predicted octanol–water partition coefficient (Wildman–Crippen LogP) is 11.3. The molecule has 0 amide bonds. The predicted molar refractivity (Wildman–Crippen MR) is 233 cm³/mol. The third-order valence-electron chi connectivity index (χ3n) is 8.42. The quantitative estimate of drug-likeness (QED) is 0.0296. The second-order valence-electron chi connectivity index (χ2n) is 14.5. The Kier molecular flexibility index (Phi) is 35.2. The number of carbonyl (C=O) groups is 3. The van der Waals surface area contributed by atoms with Crippen molar-refractivity contribution < 1.29 is 38.2 Å². The molecule has 8 heteroatoms. The molecule has 0 bridgehead atoms. The molecule has 56 heavy (non-hydrogen) atoms. The Morgan fingerprint density at radius 2 is 0.946 bits per heavy atom. The van der Waals surface area contributed by atoms with Crippen LogP contribution in [0.5, 0.6) is 0 Å². The van der Waals surface area contributed by atoms with Crippen LogP contribution in [-0.4, -0.2) is 80.6 Å². The van der Waals surface area contributed by atoms with Gasteiger partial charge < -0.3 is 23.8 Å². The van der Waals surface area contributed by atoms with E-state index in [1.54, 1.807) is 0 Å². The van der Waals surface area contributed by atoms with Crippen LogP contribution in [0.1, 0.15) is 123 Å². The van der Waals surface area contributed by atoms with Gasteiger partial charge in [-0.05, 0) is 89.9 Å². The minimum Gasteiger partial charge on any atom is -0.477 e. The summed E-state index contributed by atoms with van der Waals surface area (Å²) in [7, 11) is 5.47. The molecule has 0 saturated heterocycles. The van der Waals surface area contributed by atoms with Gasteiger partial charge in [-0.3, -0.25) is 9.59 Å². The summed E-state index contributed by atoms with van der Waals surface area (Å²) in [6, 6.07) is -0.634. The van der Waals surface area contributed by atoms with E-state index >= 15 is 0 Å². The zero-order valence-corrected chi connectivity index (χ0v) is 35.5. The van der Waals surface area contributed by atoms with Gasteiger partial charge in [0.2, 0.25) is 0 Å². The summed E-state index contributed by atoms with van der Waals surface area (Å²) < 4.78 is 17.1. The van der Waals surface area contributed by atoms with E-state index in [1.165, 1.54) is 0 Å². The second kappa shape index (κ2) is 37.9. The van der Waals surface area contributed by atoms with E-state index in [2.05, 4.69) is 123 Å². The van der Waals surface area contributed by atoms with Crippen molar-refractivity contribution in [3.05, 3.63) is 109 Å². The van der Waals surface area contributed by atoms with E-state index < -0.39 is 18.1 Å². The topological polar surface area (TPSA) is 99.1 Å². The highest BCUT2D eigenvalue weighted by Gasteiger charge is 2.31. The molecule has 0 fully saturated rings. The minimum atomic E-state index is -0.895. The Bertz CT molecular complexity index is 1280. The monoisotopic (exact) mass is 779 g/mol. The number of likely N-dealkylation sites (N-methyl/N-ethyl adjacent to an activating group) is 1. The van der Waals surface area contributed by atoms with Crippen LogP contribution in [0.3, 0.4) is 0 Å². The van der Waals surface area contributed by atoms with E-state index in [-0.39, 0.29) is 49.1 Å². The standard InChI is InChI=1S/C48H75NO7/c1-6-8-10-12-14-16-17-18-19-20-21-22-23-24-25-26-27-28-29-31-32-34-36-38-46(50)55-43-44(42-54-41-40-45(48(52)53)49(3,4)5)56-47(51)39-37-35-33-30-15-13-11-9-7-2/h8-11,14-16,18-19,21-22,24-25,27-28,30-32,44-45H,6-7,12-13,17,20,23,26,29,33-43H2,1-5H3/p+1/b10-8+,11-9+,16-14+,19-18+,22-21+,25-24+,28-27+,30-15+,32-31+. The van der Waals surface area contributed by atoms with E-state index in [4.69, 9.17) is 14.2 Å². The average Bonchev–Trinajstić information content (AvgIpc) is 3.15. The number of nitrogens with zero attached hydrogens (tertiary/aromatic N) is 1. The highest BCUT2D eigenvalue weighted by Crippen LogP contribution is 2.11. The molecule has 0 aliphatic heterocycles. The molecule has 8 nitrogen and oxygen atoms in total. The summed E-state index contributed by atoms with van der Waals surface area (Å²) in [5.74, 6) is -1.61. The lowest BCUT2D eigenvalue weighted by atomic mass is 10.1. The van der Waals surface area contributed by atoms with Crippen LogP contribution >= 0.6 is 0 Å². The molecule has 0 aliphatic carbocycles. The molecule has 0 aromatic carbocycles. The zero-order chi connectivity index (χ0) is 41.4. The van der Waals surface area contributed by atoms with Crippen LogP contribution in [-0.2, 0) is 28.6 Å². The first kappa shape index (κ1) is 52.0. The first-order valence-electron chi connectivity index (χ1n) is 20.9. The van der Waals surface area contributed by atoms with Crippen LogP contribution in [0.4, 0.5) is 0 Å². The highest BCUT2D eigenvalue weighted by atomic mass is 16.6. The molecular formula is C48H76NO7+. The van der Waals surface area contributed by atoms with E-state index in [9.17, 15) is 19.5 Å². The van der Waals surface area contributed by atoms with Gasteiger partial charge in [0.15, 0.2) is 12.1 Å². The van der Waals surface area contributed by atoms with Gasteiger partial charge in [-0.15, -0.1) is 0 Å². The fraction of sp³-hybridized carbons (Fsp3) is 0.562. The number of aliphatic carboxylic acids is 1. The Morgan fingerprint density at radius 1 is 0.536 bits per heavy atom. The Hall–Kier alpha value is -4.01. The summed E-state index contributed by atoms with van der Waals surface area (Å²) in [5, 5.41) is 9.59. The van der Waals surface area contributed by atoms with E-state index in [0.717, 1.165) is 77.0 Å². The summed E-state index contributed by atoms with van der Waals surface area (Å²) in [6.07, 6.45) is 51.6. The number of unbranched alkanes of at least 4 members (excludes halogenated alkanes) is 3.